The van der Waals surface area contributed by atoms with Gasteiger partial charge in [-0.1, -0.05) is 23.9 Å². The lowest BCUT2D eigenvalue weighted by molar-refractivity contribution is -0.121. The Labute approximate surface area is 249 Å². The van der Waals surface area contributed by atoms with Gasteiger partial charge < -0.3 is 9.47 Å². The van der Waals surface area contributed by atoms with E-state index in [1.165, 1.54) is 43.5 Å². The van der Waals surface area contributed by atoms with Gasteiger partial charge in [-0.05, 0) is 72.8 Å². The molecule has 1 aromatic heterocycles. The SMILES string of the molecule is COc1cccc(C(=O)COC(=O)c2ccc(N3C(=O)CC(Sc4nc(-c5ccc(F)cc5)ccc4C#N)C3=O)cc2)c1. The molecule has 0 spiro atoms. The van der Waals surface area contributed by atoms with E-state index in [1.807, 2.05) is 0 Å². The van der Waals surface area contributed by atoms with Crippen molar-refractivity contribution >= 4 is 41.0 Å². The summed E-state index contributed by atoms with van der Waals surface area (Å²) in [5.41, 5.74) is 2.08. The molecule has 0 radical (unpaired) electrons. The highest BCUT2D eigenvalue weighted by Gasteiger charge is 2.41. The molecule has 2 amide bonds. The first kappa shape index (κ1) is 29.2. The van der Waals surface area contributed by atoms with Crippen molar-refractivity contribution in [2.75, 3.05) is 18.6 Å². The summed E-state index contributed by atoms with van der Waals surface area (Å²) in [6.45, 7) is -0.475. The fraction of sp³-hybridized carbons (Fsp3) is 0.125. The Morgan fingerprint density at radius 1 is 1.02 bits per heavy atom. The number of nitriles is 1. The Balaban J connectivity index is 1.25. The third-order valence-electron chi connectivity index (χ3n) is 6.57. The van der Waals surface area contributed by atoms with Crippen molar-refractivity contribution in [3.63, 3.8) is 0 Å². The molecule has 0 N–H and O–H groups in total. The van der Waals surface area contributed by atoms with Gasteiger partial charge in [0.2, 0.25) is 11.8 Å². The molecule has 0 aliphatic carbocycles. The van der Waals surface area contributed by atoms with Gasteiger partial charge in [0.1, 0.15) is 22.7 Å². The van der Waals surface area contributed by atoms with Gasteiger partial charge in [0.25, 0.3) is 0 Å². The van der Waals surface area contributed by atoms with Crippen LogP contribution in [0.25, 0.3) is 11.3 Å². The Morgan fingerprint density at radius 3 is 2.47 bits per heavy atom. The van der Waals surface area contributed by atoms with Crippen molar-refractivity contribution in [3.8, 4) is 23.1 Å². The number of aromatic nitrogens is 1. The first-order chi connectivity index (χ1) is 20.8. The average Bonchev–Trinajstić information content (AvgIpc) is 3.31. The highest BCUT2D eigenvalue weighted by molar-refractivity contribution is 8.00. The van der Waals surface area contributed by atoms with E-state index in [-0.39, 0.29) is 28.3 Å². The molecular formula is C32H22FN3O6S. The number of hydrogen-bond donors (Lipinski definition) is 0. The van der Waals surface area contributed by atoms with Crippen LogP contribution >= 0.6 is 11.8 Å². The number of carbonyl (C=O) groups excluding carboxylic acids is 4. The van der Waals surface area contributed by atoms with Crippen LogP contribution in [0, 0.1) is 17.1 Å². The smallest absolute Gasteiger partial charge is 0.338 e. The van der Waals surface area contributed by atoms with Gasteiger partial charge in [0.05, 0.1) is 34.9 Å². The van der Waals surface area contributed by atoms with Crippen molar-refractivity contribution in [1.82, 2.24) is 4.98 Å². The van der Waals surface area contributed by atoms with Gasteiger partial charge in [-0.3, -0.25) is 14.4 Å². The number of nitrogens with zero attached hydrogens (tertiary/aromatic N) is 3. The predicted molar refractivity (Wildman–Crippen MR) is 155 cm³/mol. The number of rotatable bonds is 9. The van der Waals surface area contributed by atoms with Crippen LogP contribution in [0.4, 0.5) is 10.1 Å². The summed E-state index contributed by atoms with van der Waals surface area (Å²) in [5, 5.41) is 9.03. The number of Topliss-reactive ketones (excluding diaryl/α,β-unsaturated/α-hetero) is 1. The van der Waals surface area contributed by atoms with Crippen molar-refractivity contribution in [2.45, 2.75) is 16.7 Å². The number of ketones is 1. The number of imide groups is 1. The number of ether oxygens (including phenoxy) is 2. The molecule has 0 saturated carbocycles. The number of halogens is 1. The van der Waals surface area contributed by atoms with E-state index in [4.69, 9.17) is 9.47 Å². The fourth-order valence-electron chi connectivity index (χ4n) is 4.34. The number of methoxy groups -OCH3 is 1. The molecule has 11 heteroatoms. The zero-order valence-electron chi connectivity index (χ0n) is 22.7. The summed E-state index contributed by atoms with van der Waals surface area (Å²) in [4.78, 5) is 56.6. The number of carbonyl (C=O) groups is 4. The van der Waals surface area contributed by atoms with E-state index in [1.54, 1.807) is 48.5 Å². The minimum absolute atomic E-state index is 0.118. The molecule has 1 saturated heterocycles. The number of hydrogen-bond acceptors (Lipinski definition) is 9. The second-order valence-corrected chi connectivity index (χ2v) is 10.5. The minimum Gasteiger partial charge on any atom is -0.497 e. The maximum Gasteiger partial charge on any atom is 0.338 e. The van der Waals surface area contributed by atoms with Gasteiger partial charge in [0, 0.05) is 17.5 Å². The fourth-order valence-corrected chi connectivity index (χ4v) is 5.43. The lowest BCUT2D eigenvalue weighted by atomic mass is 10.1. The molecule has 3 aromatic carbocycles. The predicted octanol–water partition coefficient (Wildman–Crippen LogP) is 5.23. The molecule has 4 aromatic rings. The quantitative estimate of drug-likeness (QED) is 0.145. The number of pyridine rings is 1. The van der Waals surface area contributed by atoms with Crippen LogP contribution < -0.4 is 9.64 Å². The van der Waals surface area contributed by atoms with Crippen LogP contribution in [-0.2, 0) is 14.3 Å². The highest BCUT2D eigenvalue weighted by atomic mass is 32.2. The van der Waals surface area contributed by atoms with E-state index in [0.29, 0.717) is 22.6 Å². The zero-order chi connectivity index (χ0) is 30.5. The number of esters is 1. The Hall–Kier alpha value is -5.34. The van der Waals surface area contributed by atoms with E-state index >= 15 is 0 Å². The molecule has 5 rings (SSSR count). The third kappa shape index (κ3) is 6.45. The first-order valence-corrected chi connectivity index (χ1v) is 13.8. The van der Waals surface area contributed by atoms with Gasteiger partial charge in [-0.25, -0.2) is 19.1 Å². The second-order valence-electron chi connectivity index (χ2n) is 9.32. The maximum absolute atomic E-state index is 13.4. The molecular weight excluding hydrogens is 573 g/mol. The largest absolute Gasteiger partial charge is 0.497 e. The topological polar surface area (TPSA) is 127 Å². The number of amides is 2. The van der Waals surface area contributed by atoms with Crippen molar-refractivity contribution < 1.29 is 33.0 Å². The monoisotopic (exact) mass is 595 g/mol. The van der Waals surface area contributed by atoms with Crippen molar-refractivity contribution in [2.24, 2.45) is 0 Å². The second kappa shape index (κ2) is 12.7. The summed E-state index contributed by atoms with van der Waals surface area (Å²) < 4.78 is 23.6. The molecule has 1 aliphatic rings. The van der Waals surface area contributed by atoms with Crippen LogP contribution in [0.1, 0.15) is 32.7 Å². The van der Waals surface area contributed by atoms with Crippen LogP contribution in [0.2, 0.25) is 0 Å². The Kier molecular flexibility index (Phi) is 8.59. The lowest BCUT2D eigenvalue weighted by Crippen LogP contribution is -2.31. The van der Waals surface area contributed by atoms with Crippen molar-refractivity contribution in [3.05, 3.63) is 107 Å². The number of benzene rings is 3. The standard InChI is InChI=1S/C32H22FN3O6S/c1-41-25-4-2-3-21(15-25)27(37)18-42-32(40)20-7-12-24(13-8-20)36-29(38)16-28(31(36)39)43-30-22(17-34)9-14-26(35-30)19-5-10-23(33)11-6-19/h2-15,28H,16,18H2,1H3. The third-order valence-corrected chi connectivity index (χ3v) is 7.75. The maximum atomic E-state index is 13.4. The molecule has 43 heavy (non-hydrogen) atoms. The zero-order valence-corrected chi connectivity index (χ0v) is 23.5. The van der Waals surface area contributed by atoms with Crippen LogP contribution in [0.5, 0.6) is 5.75 Å². The molecule has 1 unspecified atom stereocenters. The van der Waals surface area contributed by atoms with Gasteiger partial charge >= 0.3 is 5.97 Å². The average molecular weight is 596 g/mol. The molecule has 1 aliphatic heterocycles. The molecule has 1 atom stereocenters. The van der Waals surface area contributed by atoms with E-state index in [0.717, 1.165) is 16.7 Å². The van der Waals surface area contributed by atoms with E-state index < -0.39 is 41.2 Å². The van der Waals surface area contributed by atoms with Gasteiger partial charge in [0.15, 0.2) is 12.4 Å². The summed E-state index contributed by atoms with van der Waals surface area (Å²) in [7, 11) is 1.48. The van der Waals surface area contributed by atoms with Crippen LogP contribution in [0.15, 0.2) is 90.0 Å². The van der Waals surface area contributed by atoms with Gasteiger partial charge in [-0.2, -0.15) is 5.26 Å². The normalized spacial score (nSPS) is 14.3. The van der Waals surface area contributed by atoms with E-state index in [9.17, 15) is 28.8 Å². The lowest BCUT2D eigenvalue weighted by Gasteiger charge is -2.15. The summed E-state index contributed by atoms with van der Waals surface area (Å²) in [6, 6.07) is 23.1. The van der Waals surface area contributed by atoms with Crippen LogP contribution in [0.3, 0.4) is 0 Å². The van der Waals surface area contributed by atoms with Crippen LogP contribution in [-0.4, -0.2) is 47.5 Å². The molecule has 9 nitrogen and oxygen atoms in total. The Morgan fingerprint density at radius 2 is 1.77 bits per heavy atom. The minimum atomic E-state index is -0.831. The summed E-state index contributed by atoms with van der Waals surface area (Å²) in [6.07, 6.45) is -0.118. The summed E-state index contributed by atoms with van der Waals surface area (Å²) >= 11 is 1.01. The molecule has 2 heterocycles. The summed E-state index contributed by atoms with van der Waals surface area (Å²) in [5.74, 6) is -1.99. The number of anilines is 1. The molecule has 214 valence electrons. The van der Waals surface area contributed by atoms with E-state index in [2.05, 4.69) is 11.1 Å². The Bertz CT molecular complexity index is 1770. The van der Waals surface area contributed by atoms with Gasteiger partial charge in [-0.15, -0.1) is 0 Å². The number of thioether (sulfide) groups is 1. The van der Waals surface area contributed by atoms with Crippen molar-refractivity contribution in [1.29, 1.82) is 5.26 Å². The first-order valence-electron chi connectivity index (χ1n) is 12.9. The highest BCUT2D eigenvalue weighted by Crippen LogP contribution is 2.35. The molecule has 0 bridgehead atoms. The molecule has 1 fully saturated rings.